The molecule has 2 heterocycles. The highest BCUT2D eigenvalue weighted by Gasteiger charge is 2.34. The van der Waals surface area contributed by atoms with Gasteiger partial charge in [0.05, 0.1) is 12.5 Å². The van der Waals surface area contributed by atoms with E-state index in [1.165, 1.54) is 9.91 Å². The molecule has 1 atom stereocenters. The topological polar surface area (TPSA) is 90.3 Å². The SMILES string of the molecule is O=C(O)C1CCN(C(=O)C2=NN(Cc3ccccc3)C(=O)CC2)C1. The van der Waals surface area contributed by atoms with Crippen LogP contribution in [0.4, 0.5) is 0 Å². The van der Waals surface area contributed by atoms with Crippen LogP contribution < -0.4 is 0 Å². The van der Waals surface area contributed by atoms with Crippen LogP contribution in [0.1, 0.15) is 24.8 Å². The molecule has 7 nitrogen and oxygen atoms in total. The number of aliphatic carboxylic acids is 1. The van der Waals surface area contributed by atoms with Crippen LogP contribution in [0.25, 0.3) is 0 Å². The summed E-state index contributed by atoms with van der Waals surface area (Å²) in [5.41, 5.74) is 1.27. The van der Waals surface area contributed by atoms with Crippen molar-refractivity contribution in [2.45, 2.75) is 25.8 Å². The fraction of sp³-hybridized carbons (Fsp3) is 0.412. The van der Waals surface area contributed by atoms with Gasteiger partial charge in [0, 0.05) is 25.9 Å². The minimum absolute atomic E-state index is 0.111. The summed E-state index contributed by atoms with van der Waals surface area (Å²) in [6, 6.07) is 9.46. The number of carboxylic acid groups (broad SMARTS) is 1. The molecule has 3 rings (SSSR count). The second-order valence-corrected chi connectivity index (χ2v) is 6.06. The molecule has 24 heavy (non-hydrogen) atoms. The summed E-state index contributed by atoms with van der Waals surface area (Å²) in [6.07, 6.45) is 1.01. The number of likely N-dealkylation sites (tertiary alicyclic amines) is 1. The summed E-state index contributed by atoms with van der Waals surface area (Å²) >= 11 is 0. The minimum Gasteiger partial charge on any atom is -0.481 e. The zero-order valence-corrected chi connectivity index (χ0v) is 13.2. The summed E-state index contributed by atoms with van der Waals surface area (Å²) in [5.74, 6) is -1.76. The van der Waals surface area contributed by atoms with Crippen LogP contribution in [0.3, 0.4) is 0 Å². The Balaban J connectivity index is 1.71. The summed E-state index contributed by atoms with van der Waals surface area (Å²) in [7, 11) is 0. The summed E-state index contributed by atoms with van der Waals surface area (Å²) in [6.45, 7) is 0.954. The van der Waals surface area contributed by atoms with Gasteiger partial charge in [0.25, 0.3) is 5.91 Å². The lowest BCUT2D eigenvalue weighted by molar-refractivity contribution is -0.141. The average Bonchev–Trinajstić information content (AvgIpc) is 3.07. The van der Waals surface area contributed by atoms with Gasteiger partial charge in [0.2, 0.25) is 5.91 Å². The van der Waals surface area contributed by atoms with Gasteiger partial charge in [-0.05, 0) is 12.0 Å². The fourth-order valence-corrected chi connectivity index (χ4v) is 2.96. The van der Waals surface area contributed by atoms with E-state index in [1.54, 1.807) is 0 Å². The number of nitrogens with zero attached hydrogens (tertiary/aromatic N) is 3. The Labute approximate surface area is 139 Å². The van der Waals surface area contributed by atoms with Gasteiger partial charge in [-0.3, -0.25) is 14.4 Å². The monoisotopic (exact) mass is 329 g/mol. The van der Waals surface area contributed by atoms with E-state index in [-0.39, 0.29) is 24.8 Å². The molecule has 1 N–H and O–H groups in total. The van der Waals surface area contributed by atoms with E-state index in [4.69, 9.17) is 5.11 Å². The van der Waals surface area contributed by atoms with Crippen molar-refractivity contribution in [3.8, 4) is 0 Å². The number of amides is 2. The van der Waals surface area contributed by atoms with Gasteiger partial charge in [-0.15, -0.1) is 0 Å². The zero-order chi connectivity index (χ0) is 17.1. The normalized spacial score (nSPS) is 20.9. The van der Waals surface area contributed by atoms with E-state index in [1.807, 2.05) is 30.3 Å². The van der Waals surface area contributed by atoms with Crippen molar-refractivity contribution in [2.24, 2.45) is 11.0 Å². The third kappa shape index (κ3) is 3.45. The Kier molecular flexibility index (Phi) is 4.59. The molecule has 0 aliphatic carbocycles. The Morgan fingerprint density at radius 1 is 1.21 bits per heavy atom. The summed E-state index contributed by atoms with van der Waals surface area (Å²) in [4.78, 5) is 37.1. The molecule has 0 spiro atoms. The van der Waals surface area contributed by atoms with Crippen LogP contribution in [0.5, 0.6) is 0 Å². The number of hydrogen-bond acceptors (Lipinski definition) is 4. The molecule has 0 saturated carbocycles. The predicted molar refractivity (Wildman–Crippen MR) is 86.0 cm³/mol. The molecule has 1 unspecified atom stereocenters. The maximum absolute atomic E-state index is 12.5. The van der Waals surface area contributed by atoms with Crippen molar-refractivity contribution >= 4 is 23.5 Å². The number of benzene rings is 1. The second-order valence-electron chi connectivity index (χ2n) is 6.06. The van der Waals surface area contributed by atoms with Crippen molar-refractivity contribution in [1.29, 1.82) is 0 Å². The highest BCUT2D eigenvalue weighted by molar-refractivity contribution is 6.39. The number of carbonyl (C=O) groups is 3. The van der Waals surface area contributed by atoms with Crippen LogP contribution in [-0.2, 0) is 20.9 Å². The Morgan fingerprint density at radius 2 is 1.96 bits per heavy atom. The molecule has 1 fully saturated rings. The van der Waals surface area contributed by atoms with Crippen LogP contribution >= 0.6 is 0 Å². The van der Waals surface area contributed by atoms with Crippen molar-refractivity contribution in [3.63, 3.8) is 0 Å². The minimum atomic E-state index is -0.878. The standard InChI is InChI=1S/C17H19N3O4/c21-15-7-6-14(16(22)19-9-8-13(11-19)17(23)24)18-20(15)10-12-4-2-1-3-5-12/h1-5,13H,6-11H2,(H,23,24). The second kappa shape index (κ2) is 6.82. The highest BCUT2D eigenvalue weighted by atomic mass is 16.4. The Bertz CT molecular complexity index is 686. The van der Waals surface area contributed by atoms with Gasteiger partial charge in [0.1, 0.15) is 5.71 Å². The van der Waals surface area contributed by atoms with E-state index in [0.717, 1.165) is 5.56 Å². The lowest BCUT2D eigenvalue weighted by Gasteiger charge is -2.25. The van der Waals surface area contributed by atoms with Gasteiger partial charge in [-0.1, -0.05) is 30.3 Å². The quantitative estimate of drug-likeness (QED) is 0.895. The van der Waals surface area contributed by atoms with Crippen LogP contribution in [0.15, 0.2) is 35.4 Å². The largest absolute Gasteiger partial charge is 0.481 e. The van der Waals surface area contributed by atoms with Gasteiger partial charge in [-0.25, -0.2) is 5.01 Å². The molecule has 1 aromatic rings. The van der Waals surface area contributed by atoms with E-state index in [2.05, 4.69) is 5.10 Å². The maximum Gasteiger partial charge on any atom is 0.308 e. The number of rotatable bonds is 4. The first-order chi connectivity index (χ1) is 11.5. The van der Waals surface area contributed by atoms with Crippen LogP contribution in [0.2, 0.25) is 0 Å². The van der Waals surface area contributed by atoms with Gasteiger partial charge >= 0.3 is 5.97 Å². The van der Waals surface area contributed by atoms with E-state index in [9.17, 15) is 14.4 Å². The van der Waals surface area contributed by atoms with E-state index >= 15 is 0 Å². The molecule has 1 saturated heterocycles. The lowest BCUT2D eigenvalue weighted by atomic mass is 10.1. The molecule has 2 amide bonds. The zero-order valence-electron chi connectivity index (χ0n) is 13.2. The maximum atomic E-state index is 12.5. The van der Waals surface area contributed by atoms with E-state index in [0.29, 0.717) is 31.6 Å². The highest BCUT2D eigenvalue weighted by Crippen LogP contribution is 2.20. The molecule has 0 bridgehead atoms. The molecular formula is C17H19N3O4. The first-order valence-electron chi connectivity index (χ1n) is 7.98. The molecular weight excluding hydrogens is 310 g/mol. The smallest absolute Gasteiger partial charge is 0.308 e. The average molecular weight is 329 g/mol. The third-order valence-electron chi connectivity index (χ3n) is 4.35. The van der Waals surface area contributed by atoms with Crippen molar-refractivity contribution in [3.05, 3.63) is 35.9 Å². The Hall–Kier alpha value is -2.70. The molecule has 2 aliphatic heterocycles. The Morgan fingerprint density at radius 3 is 2.62 bits per heavy atom. The molecule has 0 aromatic heterocycles. The van der Waals surface area contributed by atoms with Crippen molar-refractivity contribution in [2.75, 3.05) is 13.1 Å². The number of hydrazone groups is 1. The lowest BCUT2D eigenvalue weighted by Crippen LogP contribution is -2.40. The number of carbonyl (C=O) groups excluding carboxylic acids is 2. The van der Waals surface area contributed by atoms with Crippen LogP contribution in [-0.4, -0.2) is 51.6 Å². The third-order valence-corrected chi connectivity index (χ3v) is 4.35. The summed E-state index contributed by atoms with van der Waals surface area (Å²) in [5, 5.41) is 14.6. The first-order valence-corrected chi connectivity index (χ1v) is 7.98. The number of carboxylic acids is 1. The number of hydrogen-bond donors (Lipinski definition) is 1. The molecule has 0 radical (unpaired) electrons. The van der Waals surface area contributed by atoms with E-state index < -0.39 is 11.9 Å². The summed E-state index contributed by atoms with van der Waals surface area (Å²) < 4.78 is 0. The van der Waals surface area contributed by atoms with Gasteiger partial charge in [0.15, 0.2) is 0 Å². The van der Waals surface area contributed by atoms with Crippen molar-refractivity contribution < 1.29 is 19.5 Å². The molecule has 7 heteroatoms. The first kappa shape index (κ1) is 16.2. The molecule has 2 aliphatic rings. The van der Waals surface area contributed by atoms with Gasteiger partial charge < -0.3 is 10.0 Å². The van der Waals surface area contributed by atoms with Crippen molar-refractivity contribution in [1.82, 2.24) is 9.91 Å². The fourth-order valence-electron chi connectivity index (χ4n) is 2.96. The molecule has 1 aromatic carbocycles. The van der Waals surface area contributed by atoms with Gasteiger partial charge in [-0.2, -0.15) is 5.10 Å². The molecule has 126 valence electrons. The van der Waals surface area contributed by atoms with Crippen LogP contribution in [0, 0.1) is 5.92 Å². The predicted octanol–water partition coefficient (Wildman–Crippen LogP) is 1.10.